The monoisotopic (exact) mass is 235 g/mol. The molecule has 1 aromatic carbocycles. The lowest BCUT2D eigenvalue weighted by Gasteiger charge is -2.18. The van der Waals surface area contributed by atoms with Gasteiger partial charge in [-0.3, -0.25) is 0 Å². The Morgan fingerprint density at radius 1 is 1.31 bits per heavy atom. The van der Waals surface area contributed by atoms with Crippen molar-refractivity contribution in [1.82, 2.24) is 0 Å². The zero-order chi connectivity index (χ0) is 11.4. The molecule has 0 aliphatic carbocycles. The lowest BCUT2D eigenvalue weighted by molar-refractivity contribution is 0.587. The molecule has 0 bridgehead atoms. The van der Waals surface area contributed by atoms with Crippen LogP contribution in [0.5, 0.6) is 0 Å². The van der Waals surface area contributed by atoms with E-state index in [0.29, 0.717) is 0 Å². The summed E-state index contributed by atoms with van der Waals surface area (Å²) in [6.07, 6.45) is 0.858. The molecule has 1 nitrogen and oxygen atoms in total. The van der Waals surface area contributed by atoms with Crippen LogP contribution in [0.2, 0.25) is 0 Å². The van der Waals surface area contributed by atoms with E-state index in [2.05, 4.69) is 12.2 Å². The predicted octanol–water partition coefficient (Wildman–Crippen LogP) is 4.45. The molecule has 0 saturated carbocycles. The molecule has 1 atom stereocenters. The first-order chi connectivity index (χ1) is 7.81. The van der Waals surface area contributed by atoms with Crippen molar-refractivity contribution in [2.24, 2.45) is 0 Å². The Labute approximate surface area is 98.9 Å². The minimum atomic E-state index is -0.142. The molecule has 2 aromatic rings. The van der Waals surface area contributed by atoms with E-state index >= 15 is 0 Å². The SMILES string of the molecule is CCC(Nc1ccsc1)c1ccccc1F. The molecule has 0 saturated heterocycles. The van der Waals surface area contributed by atoms with Crippen molar-refractivity contribution in [3.8, 4) is 0 Å². The highest BCUT2D eigenvalue weighted by Gasteiger charge is 2.12. The highest BCUT2D eigenvalue weighted by molar-refractivity contribution is 7.08. The molecule has 16 heavy (non-hydrogen) atoms. The van der Waals surface area contributed by atoms with Crippen LogP contribution in [-0.4, -0.2) is 0 Å². The molecule has 0 fully saturated rings. The summed E-state index contributed by atoms with van der Waals surface area (Å²) in [5.41, 5.74) is 1.79. The summed E-state index contributed by atoms with van der Waals surface area (Å²) in [6.45, 7) is 2.05. The van der Waals surface area contributed by atoms with Crippen LogP contribution in [0.15, 0.2) is 41.1 Å². The zero-order valence-electron chi connectivity index (χ0n) is 9.11. The summed E-state index contributed by atoms with van der Waals surface area (Å²) in [5.74, 6) is -0.142. The third-order valence-corrected chi connectivity index (χ3v) is 3.23. The van der Waals surface area contributed by atoms with E-state index in [4.69, 9.17) is 0 Å². The van der Waals surface area contributed by atoms with Gasteiger partial charge < -0.3 is 5.32 Å². The first-order valence-electron chi connectivity index (χ1n) is 5.34. The lowest BCUT2D eigenvalue weighted by Crippen LogP contribution is -2.10. The van der Waals surface area contributed by atoms with E-state index in [1.165, 1.54) is 6.07 Å². The van der Waals surface area contributed by atoms with Gasteiger partial charge in [-0.05, 0) is 23.9 Å². The average molecular weight is 235 g/mol. The Kier molecular flexibility index (Phi) is 3.57. The van der Waals surface area contributed by atoms with Gasteiger partial charge in [0, 0.05) is 16.6 Å². The molecule has 84 valence electrons. The second kappa shape index (κ2) is 5.12. The summed E-state index contributed by atoms with van der Waals surface area (Å²) in [4.78, 5) is 0. The summed E-state index contributed by atoms with van der Waals surface area (Å²) in [7, 11) is 0. The average Bonchev–Trinajstić information content (AvgIpc) is 2.80. The molecule has 0 aliphatic rings. The molecule has 0 radical (unpaired) electrons. The minimum Gasteiger partial charge on any atom is -0.377 e. The number of hydrogen-bond donors (Lipinski definition) is 1. The van der Waals surface area contributed by atoms with Gasteiger partial charge in [-0.2, -0.15) is 11.3 Å². The zero-order valence-corrected chi connectivity index (χ0v) is 9.93. The molecular formula is C13H14FNS. The van der Waals surface area contributed by atoms with Crippen LogP contribution in [0.4, 0.5) is 10.1 Å². The van der Waals surface area contributed by atoms with E-state index in [9.17, 15) is 4.39 Å². The van der Waals surface area contributed by atoms with Crippen LogP contribution in [0.1, 0.15) is 24.9 Å². The summed E-state index contributed by atoms with van der Waals surface area (Å²) in [5, 5.41) is 7.38. The van der Waals surface area contributed by atoms with Crippen molar-refractivity contribution in [2.45, 2.75) is 19.4 Å². The Bertz CT molecular complexity index is 439. The van der Waals surface area contributed by atoms with E-state index in [1.807, 2.05) is 29.0 Å². The van der Waals surface area contributed by atoms with Gasteiger partial charge in [-0.25, -0.2) is 4.39 Å². The van der Waals surface area contributed by atoms with Crippen LogP contribution >= 0.6 is 11.3 Å². The van der Waals surface area contributed by atoms with Crippen LogP contribution in [-0.2, 0) is 0 Å². The molecule has 2 rings (SSSR count). The number of anilines is 1. The van der Waals surface area contributed by atoms with Crippen LogP contribution in [0.3, 0.4) is 0 Å². The maximum absolute atomic E-state index is 13.6. The Balaban J connectivity index is 2.20. The smallest absolute Gasteiger partial charge is 0.128 e. The third-order valence-electron chi connectivity index (χ3n) is 2.55. The van der Waals surface area contributed by atoms with Gasteiger partial charge >= 0.3 is 0 Å². The standard InChI is InChI=1S/C13H14FNS/c1-2-13(15-10-7-8-16-9-10)11-5-3-4-6-12(11)14/h3-9,13,15H,2H2,1H3. The maximum atomic E-state index is 13.6. The van der Waals surface area contributed by atoms with Gasteiger partial charge in [-0.1, -0.05) is 25.1 Å². The predicted molar refractivity (Wildman–Crippen MR) is 67.4 cm³/mol. The molecule has 1 heterocycles. The molecule has 0 aliphatic heterocycles. The Morgan fingerprint density at radius 3 is 2.75 bits per heavy atom. The van der Waals surface area contributed by atoms with E-state index < -0.39 is 0 Å². The van der Waals surface area contributed by atoms with E-state index in [0.717, 1.165) is 17.7 Å². The molecular weight excluding hydrogens is 221 g/mol. The highest BCUT2D eigenvalue weighted by atomic mass is 32.1. The summed E-state index contributed by atoms with van der Waals surface area (Å²) < 4.78 is 13.6. The van der Waals surface area contributed by atoms with Crippen molar-refractivity contribution in [3.63, 3.8) is 0 Å². The van der Waals surface area contributed by atoms with Gasteiger partial charge in [0.1, 0.15) is 5.82 Å². The molecule has 0 amide bonds. The van der Waals surface area contributed by atoms with E-state index in [1.54, 1.807) is 17.4 Å². The van der Waals surface area contributed by atoms with Crippen LogP contribution < -0.4 is 5.32 Å². The Morgan fingerprint density at radius 2 is 2.12 bits per heavy atom. The Hall–Kier alpha value is -1.35. The number of hydrogen-bond acceptors (Lipinski definition) is 2. The van der Waals surface area contributed by atoms with Crippen molar-refractivity contribution in [1.29, 1.82) is 0 Å². The first kappa shape index (κ1) is 11.1. The number of nitrogens with one attached hydrogen (secondary N) is 1. The van der Waals surface area contributed by atoms with Crippen molar-refractivity contribution in [2.75, 3.05) is 5.32 Å². The van der Waals surface area contributed by atoms with Gasteiger partial charge in [0.25, 0.3) is 0 Å². The largest absolute Gasteiger partial charge is 0.377 e. The second-order valence-electron chi connectivity index (χ2n) is 3.64. The van der Waals surface area contributed by atoms with Gasteiger partial charge in [0.05, 0.1) is 6.04 Å². The molecule has 0 spiro atoms. The van der Waals surface area contributed by atoms with Crippen molar-refractivity contribution in [3.05, 3.63) is 52.5 Å². The number of benzene rings is 1. The minimum absolute atomic E-state index is 0.0378. The normalized spacial score (nSPS) is 12.4. The van der Waals surface area contributed by atoms with Crippen LogP contribution in [0.25, 0.3) is 0 Å². The second-order valence-corrected chi connectivity index (χ2v) is 4.42. The van der Waals surface area contributed by atoms with Crippen molar-refractivity contribution >= 4 is 17.0 Å². The van der Waals surface area contributed by atoms with Gasteiger partial charge in [0.15, 0.2) is 0 Å². The number of halogens is 1. The van der Waals surface area contributed by atoms with Gasteiger partial charge in [0.2, 0.25) is 0 Å². The lowest BCUT2D eigenvalue weighted by atomic mass is 10.0. The van der Waals surface area contributed by atoms with E-state index in [-0.39, 0.29) is 11.9 Å². The fourth-order valence-electron chi connectivity index (χ4n) is 1.71. The third kappa shape index (κ3) is 2.42. The summed E-state index contributed by atoms with van der Waals surface area (Å²) >= 11 is 1.64. The fourth-order valence-corrected chi connectivity index (χ4v) is 2.30. The quantitative estimate of drug-likeness (QED) is 0.825. The topological polar surface area (TPSA) is 12.0 Å². The number of thiophene rings is 1. The van der Waals surface area contributed by atoms with Crippen molar-refractivity contribution < 1.29 is 4.39 Å². The molecule has 1 aromatic heterocycles. The molecule has 1 unspecified atom stereocenters. The maximum Gasteiger partial charge on any atom is 0.128 e. The first-order valence-corrected chi connectivity index (χ1v) is 6.28. The number of rotatable bonds is 4. The molecule has 1 N–H and O–H groups in total. The molecule has 3 heteroatoms. The highest BCUT2D eigenvalue weighted by Crippen LogP contribution is 2.25. The fraction of sp³-hybridized carbons (Fsp3) is 0.231. The van der Waals surface area contributed by atoms with Crippen LogP contribution in [0, 0.1) is 5.82 Å². The summed E-state index contributed by atoms with van der Waals surface area (Å²) in [6, 6.07) is 8.98. The van der Waals surface area contributed by atoms with Gasteiger partial charge in [-0.15, -0.1) is 0 Å².